The van der Waals surface area contributed by atoms with Gasteiger partial charge in [-0.1, -0.05) is 55.6 Å². The summed E-state index contributed by atoms with van der Waals surface area (Å²) >= 11 is 0. The molecule has 0 unspecified atom stereocenters. The van der Waals surface area contributed by atoms with Gasteiger partial charge in [-0.15, -0.1) is 0 Å². The van der Waals surface area contributed by atoms with E-state index in [1.807, 2.05) is 13.0 Å². The van der Waals surface area contributed by atoms with Gasteiger partial charge in [0.2, 0.25) is 5.78 Å². The number of aliphatic hydroxyl groups is 2. The molecule has 0 aliphatic carbocycles. The molecule has 2 rings (SSSR count). The number of hydrogen-bond donors (Lipinski definition) is 2. The Morgan fingerprint density at radius 2 is 1.88 bits per heavy atom. The summed E-state index contributed by atoms with van der Waals surface area (Å²) in [5.74, 6) is -3.55. The third-order valence-corrected chi connectivity index (χ3v) is 6.16. The molecule has 1 aromatic carbocycles. The number of alkyl halides is 1. The van der Waals surface area contributed by atoms with Gasteiger partial charge in [-0.3, -0.25) is 9.59 Å². The smallest absolute Gasteiger partial charge is 0.312 e. The van der Waals surface area contributed by atoms with Gasteiger partial charge in [0.25, 0.3) is 0 Å². The normalized spacial score (nSPS) is 33.6. The summed E-state index contributed by atoms with van der Waals surface area (Å²) in [6.45, 7) is 7.80. The Bertz CT molecular complexity index is 943. The van der Waals surface area contributed by atoms with Crippen LogP contribution in [0.25, 0.3) is 0 Å². The van der Waals surface area contributed by atoms with Crippen LogP contribution in [0.5, 0.6) is 0 Å². The number of hydrogen-bond acceptors (Lipinski definition) is 6. The molecular weight excluding hydrogens is 439 g/mol. The number of esters is 1. The van der Waals surface area contributed by atoms with Crippen molar-refractivity contribution < 1.29 is 33.7 Å². The minimum atomic E-state index is -2.29. The molecule has 0 saturated carbocycles. The molecule has 6 nitrogen and oxygen atoms in total. The zero-order valence-corrected chi connectivity index (χ0v) is 20.5. The molecule has 1 aliphatic heterocycles. The maximum Gasteiger partial charge on any atom is 0.312 e. The lowest BCUT2D eigenvalue weighted by Crippen LogP contribution is -2.50. The third kappa shape index (κ3) is 7.23. The van der Waals surface area contributed by atoms with Gasteiger partial charge in [0.1, 0.15) is 17.8 Å². The van der Waals surface area contributed by atoms with E-state index in [1.54, 1.807) is 38.1 Å². The van der Waals surface area contributed by atoms with Crippen molar-refractivity contribution in [2.75, 3.05) is 0 Å². The van der Waals surface area contributed by atoms with Crippen LogP contribution >= 0.6 is 0 Å². The molecule has 7 atom stereocenters. The van der Waals surface area contributed by atoms with Gasteiger partial charge >= 0.3 is 5.97 Å². The maximum absolute atomic E-state index is 15.7. The fraction of sp³-hybridized carbons (Fsp3) is 0.556. The van der Waals surface area contributed by atoms with E-state index >= 15 is 4.39 Å². The lowest BCUT2D eigenvalue weighted by Gasteiger charge is -2.32. The number of rotatable bonds is 4. The van der Waals surface area contributed by atoms with E-state index in [2.05, 4.69) is 11.5 Å². The molecule has 186 valence electrons. The van der Waals surface area contributed by atoms with Crippen molar-refractivity contribution in [3.8, 4) is 0 Å². The number of aliphatic hydroxyl groups excluding tert-OH is 1. The van der Waals surface area contributed by atoms with E-state index in [1.165, 1.54) is 19.9 Å². The molecule has 0 spiro atoms. The molecule has 1 heterocycles. The van der Waals surface area contributed by atoms with Crippen LogP contribution in [0.3, 0.4) is 0 Å². The number of cyclic esters (lactones) is 1. The second kappa shape index (κ2) is 12.3. The Balaban J connectivity index is 2.47. The minimum absolute atomic E-state index is 0.0309. The predicted molar refractivity (Wildman–Crippen MR) is 125 cm³/mol. The molecule has 0 fully saturated rings. The largest absolute Gasteiger partial charge is 0.457 e. The zero-order chi connectivity index (χ0) is 25.5. The number of carbonyl (C=O) groups is 2. The first-order valence-electron chi connectivity index (χ1n) is 11.6. The van der Waals surface area contributed by atoms with Crippen LogP contribution in [-0.4, -0.2) is 52.1 Å². The molecule has 34 heavy (non-hydrogen) atoms. The van der Waals surface area contributed by atoms with Crippen molar-refractivity contribution in [3.63, 3.8) is 0 Å². The molecule has 0 aromatic heterocycles. The van der Waals surface area contributed by atoms with Crippen molar-refractivity contribution in [2.45, 2.75) is 84.2 Å². The highest BCUT2D eigenvalue weighted by Crippen LogP contribution is 2.28. The number of ketones is 1. The average Bonchev–Trinajstić information content (AvgIpc) is 2.81. The number of carbonyl (C=O) groups excluding carboxylic acids is 2. The second-order valence-corrected chi connectivity index (χ2v) is 9.21. The summed E-state index contributed by atoms with van der Waals surface area (Å²) in [7, 11) is 0. The summed E-state index contributed by atoms with van der Waals surface area (Å²) in [6.07, 6.45) is -3.86. The van der Waals surface area contributed by atoms with Crippen LogP contribution in [-0.2, 0) is 25.7 Å². The lowest BCUT2D eigenvalue weighted by atomic mass is 9.82. The summed E-state index contributed by atoms with van der Waals surface area (Å²) in [6, 6.07) is 8.98. The van der Waals surface area contributed by atoms with E-state index < -0.39 is 53.7 Å². The first-order valence-corrected chi connectivity index (χ1v) is 11.6. The lowest BCUT2D eigenvalue weighted by molar-refractivity contribution is -0.165. The van der Waals surface area contributed by atoms with E-state index in [4.69, 9.17) is 9.47 Å². The number of Topliss-reactive ketones (excluding diaryl/α,β-unsaturated/α-hetero) is 1. The van der Waals surface area contributed by atoms with E-state index in [-0.39, 0.29) is 13.0 Å². The topological polar surface area (TPSA) is 93.1 Å². The third-order valence-electron chi connectivity index (χ3n) is 6.16. The van der Waals surface area contributed by atoms with Gasteiger partial charge in [0.05, 0.1) is 18.6 Å². The first kappa shape index (κ1) is 27.7. The van der Waals surface area contributed by atoms with Crippen LogP contribution in [0.15, 0.2) is 53.4 Å². The van der Waals surface area contributed by atoms with E-state index in [9.17, 15) is 19.8 Å². The molecule has 0 amide bonds. The van der Waals surface area contributed by atoms with Crippen molar-refractivity contribution in [2.24, 2.45) is 11.8 Å². The quantitative estimate of drug-likeness (QED) is 0.509. The minimum Gasteiger partial charge on any atom is -0.457 e. The highest BCUT2D eigenvalue weighted by atomic mass is 19.1. The molecule has 0 bridgehead atoms. The van der Waals surface area contributed by atoms with Crippen molar-refractivity contribution in [1.82, 2.24) is 0 Å². The number of ether oxygens (including phenoxy) is 2. The van der Waals surface area contributed by atoms with Gasteiger partial charge in [0, 0.05) is 5.57 Å². The van der Waals surface area contributed by atoms with Crippen molar-refractivity contribution >= 4 is 11.8 Å². The molecular formula is C27H35FO6. The molecule has 0 radical (unpaired) electrons. The SMILES string of the molecule is CC[C@H]1OC(=O)[C@H](C)[C@H](OCc2ccccc2)[C@@H](F)C(=O)[C@](C)(O)C[C@@H](C)[C@H](O)C=C=C=C1C. The summed E-state index contributed by atoms with van der Waals surface area (Å²) < 4.78 is 27.0. The van der Waals surface area contributed by atoms with Gasteiger partial charge in [-0.2, -0.15) is 0 Å². The fourth-order valence-electron chi connectivity index (χ4n) is 3.89. The summed E-state index contributed by atoms with van der Waals surface area (Å²) in [4.78, 5) is 26.0. The van der Waals surface area contributed by atoms with Crippen LogP contribution in [0.4, 0.5) is 4.39 Å². The summed E-state index contributed by atoms with van der Waals surface area (Å²) in [5.41, 5.74) is 4.85. The molecule has 0 saturated heterocycles. The zero-order valence-electron chi connectivity index (χ0n) is 20.5. The maximum atomic E-state index is 15.7. The monoisotopic (exact) mass is 474 g/mol. The molecule has 1 aliphatic rings. The highest BCUT2D eigenvalue weighted by molar-refractivity contribution is 5.91. The molecule has 7 heteroatoms. The Hall–Kier alpha value is -2.53. The van der Waals surface area contributed by atoms with Gasteiger partial charge in [0.15, 0.2) is 6.17 Å². The van der Waals surface area contributed by atoms with Crippen LogP contribution in [0.1, 0.15) is 53.0 Å². The van der Waals surface area contributed by atoms with Gasteiger partial charge < -0.3 is 19.7 Å². The number of benzene rings is 1. The van der Waals surface area contributed by atoms with Gasteiger partial charge in [-0.05, 0) is 51.2 Å². The predicted octanol–water partition coefficient (Wildman–Crippen LogP) is 3.85. The van der Waals surface area contributed by atoms with Crippen LogP contribution in [0, 0.1) is 11.8 Å². The Labute approximate surface area is 200 Å². The van der Waals surface area contributed by atoms with Crippen LogP contribution < -0.4 is 0 Å². The Kier molecular flexibility index (Phi) is 9.99. The van der Waals surface area contributed by atoms with E-state index in [0.29, 0.717) is 12.0 Å². The van der Waals surface area contributed by atoms with Crippen molar-refractivity contribution in [1.29, 1.82) is 0 Å². The van der Waals surface area contributed by atoms with Crippen molar-refractivity contribution in [3.05, 3.63) is 59.0 Å². The first-order chi connectivity index (χ1) is 16.0. The fourth-order valence-corrected chi connectivity index (χ4v) is 3.89. The summed E-state index contributed by atoms with van der Waals surface area (Å²) in [5, 5.41) is 21.2. The number of halogens is 1. The molecule has 2 N–H and O–H groups in total. The van der Waals surface area contributed by atoms with Crippen LogP contribution in [0.2, 0.25) is 0 Å². The Morgan fingerprint density at radius 3 is 2.50 bits per heavy atom. The van der Waals surface area contributed by atoms with Gasteiger partial charge in [-0.25, -0.2) is 4.39 Å². The second-order valence-electron chi connectivity index (χ2n) is 9.21. The molecule has 1 aromatic rings. The standard InChI is InChI=1S/C27H35FO6/c1-6-22-17(2)11-10-14-21(29)18(3)15-27(5,32)25(30)23(28)24(19(4)26(31)34-22)33-16-20-12-8-7-9-13-20/h7-9,12-14,18-19,21-24,29,32H,6,15-16H2,1-5H3/t18-,19-,21-,22-,23-,24+,27-/m1/s1. The average molecular weight is 475 g/mol. The Morgan fingerprint density at radius 1 is 1.24 bits per heavy atom. The van der Waals surface area contributed by atoms with E-state index in [0.717, 1.165) is 5.56 Å². The highest BCUT2D eigenvalue weighted by Gasteiger charge is 2.45.